The van der Waals surface area contributed by atoms with Crippen molar-refractivity contribution in [3.63, 3.8) is 0 Å². The van der Waals surface area contributed by atoms with E-state index >= 15 is 0 Å². The molecule has 0 unspecified atom stereocenters. The summed E-state index contributed by atoms with van der Waals surface area (Å²) >= 11 is 5.33. The van der Waals surface area contributed by atoms with Gasteiger partial charge in [-0.15, -0.1) is 0 Å². The van der Waals surface area contributed by atoms with Crippen LogP contribution in [0.5, 0.6) is 5.75 Å². The zero-order valence-electron chi connectivity index (χ0n) is 14.2. The van der Waals surface area contributed by atoms with Gasteiger partial charge in [-0.25, -0.2) is 0 Å². The molecule has 2 N–H and O–H groups in total. The van der Waals surface area contributed by atoms with E-state index in [2.05, 4.69) is 27.5 Å². The van der Waals surface area contributed by atoms with Crippen molar-refractivity contribution < 1.29 is 4.74 Å². The van der Waals surface area contributed by atoms with Crippen LogP contribution in [0.1, 0.15) is 13.3 Å². The summed E-state index contributed by atoms with van der Waals surface area (Å²) in [5, 5.41) is 7.14. The van der Waals surface area contributed by atoms with Crippen molar-refractivity contribution in [1.29, 1.82) is 0 Å². The van der Waals surface area contributed by atoms with Gasteiger partial charge in [0.25, 0.3) is 0 Å². The van der Waals surface area contributed by atoms with E-state index in [1.807, 2.05) is 31.2 Å². The number of hydrogen-bond donors (Lipinski definition) is 2. The van der Waals surface area contributed by atoms with E-state index in [-0.39, 0.29) is 0 Å². The number of hydrogen-bond acceptors (Lipinski definition) is 4. The Kier molecular flexibility index (Phi) is 7.58. The van der Waals surface area contributed by atoms with Crippen LogP contribution in [0.3, 0.4) is 0 Å². The highest BCUT2D eigenvalue weighted by atomic mass is 32.1. The van der Waals surface area contributed by atoms with Crippen LogP contribution < -0.4 is 15.4 Å². The largest absolute Gasteiger partial charge is 0.494 e. The summed E-state index contributed by atoms with van der Waals surface area (Å²) in [6, 6.07) is 7.84. The molecule has 23 heavy (non-hydrogen) atoms. The molecule has 0 radical (unpaired) electrons. The molecule has 1 aliphatic heterocycles. The van der Waals surface area contributed by atoms with E-state index in [4.69, 9.17) is 17.0 Å². The topological polar surface area (TPSA) is 39.8 Å². The normalized spacial score (nSPS) is 16.1. The summed E-state index contributed by atoms with van der Waals surface area (Å²) in [6.07, 6.45) is 1.11. The van der Waals surface area contributed by atoms with Crippen LogP contribution in [0.2, 0.25) is 0 Å². The third-order valence-corrected chi connectivity index (χ3v) is 4.20. The Balaban J connectivity index is 1.59. The smallest absolute Gasteiger partial charge is 0.170 e. The Bertz CT molecular complexity index is 472. The van der Waals surface area contributed by atoms with Crippen LogP contribution >= 0.6 is 12.2 Å². The summed E-state index contributed by atoms with van der Waals surface area (Å²) in [5.74, 6) is 0.879. The molecule has 0 saturated carbocycles. The van der Waals surface area contributed by atoms with Crippen molar-refractivity contribution in [2.75, 3.05) is 58.2 Å². The molecule has 1 saturated heterocycles. The van der Waals surface area contributed by atoms with Crippen LogP contribution in [0.25, 0.3) is 0 Å². The number of likely N-dealkylation sites (N-methyl/N-ethyl adjacent to an activating group) is 1. The average molecular weight is 337 g/mol. The summed E-state index contributed by atoms with van der Waals surface area (Å²) in [6.45, 7) is 9.38. The van der Waals surface area contributed by atoms with Gasteiger partial charge < -0.3 is 25.2 Å². The quantitative estimate of drug-likeness (QED) is 0.586. The molecule has 0 spiro atoms. The Morgan fingerprint density at radius 1 is 1.17 bits per heavy atom. The molecule has 1 fully saturated rings. The first kappa shape index (κ1) is 18.0. The first-order chi connectivity index (χ1) is 11.2. The van der Waals surface area contributed by atoms with Crippen LogP contribution in [0.4, 0.5) is 5.69 Å². The highest BCUT2D eigenvalue weighted by Crippen LogP contribution is 2.15. The maximum Gasteiger partial charge on any atom is 0.170 e. The van der Waals surface area contributed by atoms with Gasteiger partial charge in [0.15, 0.2) is 5.11 Å². The standard InChI is InChI=1S/C17H28N4OS/c1-3-22-16-7-5-15(6-8-16)19-17(23)18-9-4-10-21-13-11-20(2)12-14-21/h5-8H,3-4,9-14H2,1-2H3,(H2,18,19,23). The summed E-state index contributed by atoms with van der Waals surface area (Å²) in [4.78, 5) is 4.90. The minimum Gasteiger partial charge on any atom is -0.494 e. The van der Waals surface area contributed by atoms with Crippen molar-refractivity contribution in [2.45, 2.75) is 13.3 Å². The number of benzene rings is 1. The van der Waals surface area contributed by atoms with Gasteiger partial charge in [-0.3, -0.25) is 0 Å². The summed E-state index contributed by atoms with van der Waals surface area (Å²) in [5.41, 5.74) is 0.977. The molecule has 1 aliphatic rings. The molecule has 1 aromatic carbocycles. The molecule has 0 aliphatic carbocycles. The Morgan fingerprint density at radius 3 is 2.52 bits per heavy atom. The van der Waals surface area contributed by atoms with Crippen LogP contribution in [0, 0.1) is 0 Å². The summed E-state index contributed by atoms with van der Waals surface area (Å²) < 4.78 is 5.43. The zero-order chi connectivity index (χ0) is 16.5. The number of anilines is 1. The van der Waals surface area contributed by atoms with Gasteiger partial charge in [0.05, 0.1) is 6.61 Å². The highest BCUT2D eigenvalue weighted by Gasteiger charge is 2.12. The second-order valence-electron chi connectivity index (χ2n) is 5.84. The SMILES string of the molecule is CCOc1ccc(NC(=S)NCCCN2CCN(C)CC2)cc1. The number of ether oxygens (including phenoxy) is 1. The Morgan fingerprint density at radius 2 is 1.87 bits per heavy atom. The third kappa shape index (κ3) is 6.72. The van der Waals surface area contributed by atoms with Gasteiger partial charge in [0, 0.05) is 38.4 Å². The summed E-state index contributed by atoms with van der Waals surface area (Å²) in [7, 11) is 2.18. The van der Waals surface area contributed by atoms with E-state index in [1.165, 1.54) is 26.2 Å². The molecule has 2 rings (SSSR count). The van der Waals surface area contributed by atoms with Crippen molar-refractivity contribution >= 4 is 23.0 Å². The lowest BCUT2D eigenvalue weighted by Gasteiger charge is -2.32. The Hall–Kier alpha value is -1.37. The number of nitrogens with one attached hydrogen (secondary N) is 2. The van der Waals surface area contributed by atoms with E-state index in [1.54, 1.807) is 0 Å². The average Bonchev–Trinajstić information content (AvgIpc) is 2.55. The third-order valence-electron chi connectivity index (χ3n) is 3.96. The molecule has 6 heteroatoms. The number of piperazine rings is 1. The molecule has 1 aromatic rings. The molecule has 0 atom stereocenters. The van der Waals surface area contributed by atoms with Gasteiger partial charge in [-0.2, -0.15) is 0 Å². The van der Waals surface area contributed by atoms with E-state index in [0.717, 1.165) is 30.9 Å². The zero-order valence-corrected chi connectivity index (χ0v) is 15.0. The molecule has 1 heterocycles. The van der Waals surface area contributed by atoms with Crippen LogP contribution in [0.15, 0.2) is 24.3 Å². The maximum atomic E-state index is 5.43. The van der Waals surface area contributed by atoms with Gasteiger partial charge in [0.2, 0.25) is 0 Å². The Labute approximate surface area is 145 Å². The van der Waals surface area contributed by atoms with Gasteiger partial charge in [-0.1, -0.05) is 0 Å². The fraction of sp³-hybridized carbons (Fsp3) is 0.588. The number of rotatable bonds is 7. The fourth-order valence-electron chi connectivity index (χ4n) is 2.55. The van der Waals surface area contributed by atoms with Gasteiger partial charge in [-0.05, 0) is 63.4 Å². The van der Waals surface area contributed by atoms with Crippen LogP contribution in [-0.2, 0) is 0 Å². The van der Waals surface area contributed by atoms with E-state index in [0.29, 0.717) is 11.7 Å². The second kappa shape index (κ2) is 9.70. The van der Waals surface area contributed by atoms with Crippen molar-refractivity contribution in [3.8, 4) is 5.75 Å². The van der Waals surface area contributed by atoms with Gasteiger partial charge >= 0.3 is 0 Å². The highest BCUT2D eigenvalue weighted by molar-refractivity contribution is 7.80. The molecular formula is C17H28N4OS. The predicted molar refractivity (Wildman–Crippen MR) is 100 cm³/mol. The molecule has 0 bridgehead atoms. The fourth-order valence-corrected chi connectivity index (χ4v) is 2.77. The predicted octanol–water partition coefficient (Wildman–Crippen LogP) is 2.01. The van der Waals surface area contributed by atoms with E-state index in [9.17, 15) is 0 Å². The number of nitrogens with zero attached hydrogens (tertiary/aromatic N) is 2. The second-order valence-corrected chi connectivity index (χ2v) is 6.25. The van der Waals surface area contributed by atoms with Crippen LogP contribution in [-0.4, -0.2) is 67.8 Å². The lowest BCUT2D eigenvalue weighted by molar-refractivity contribution is 0.153. The van der Waals surface area contributed by atoms with E-state index < -0.39 is 0 Å². The molecule has 0 amide bonds. The lowest BCUT2D eigenvalue weighted by Crippen LogP contribution is -2.45. The maximum absolute atomic E-state index is 5.43. The lowest BCUT2D eigenvalue weighted by atomic mass is 10.3. The first-order valence-corrected chi connectivity index (χ1v) is 8.77. The van der Waals surface area contributed by atoms with Crippen molar-refractivity contribution in [2.24, 2.45) is 0 Å². The number of thiocarbonyl (C=S) groups is 1. The van der Waals surface area contributed by atoms with Crippen molar-refractivity contribution in [1.82, 2.24) is 15.1 Å². The van der Waals surface area contributed by atoms with Gasteiger partial charge in [0.1, 0.15) is 5.75 Å². The molecule has 128 valence electrons. The molecular weight excluding hydrogens is 308 g/mol. The first-order valence-electron chi connectivity index (χ1n) is 8.36. The molecule has 0 aromatic heterocycles. The minimum atomic E-state index is 0.674. The molecule has 5 nitrogen and oxygen atoms in total. The van der Waals surface area contributed by atoms with Crippen molar-refractivity contribution in [3.05, 3.63) is 24.3 Å². The monoisotopic (exact) mass is 336 g/mol. The minimum absolute atomic E-state index is 0.674.